The molecule has 3 N–H and O–H groups in total. The van der Waals surface area contributed by atoms with Crippen molar-refractivity contribution in [2.24, 2.45) is 5.73 Å². The number of hydrogen-bond acceptors (Lipinski definition) is 2. The third kappa shape index (κ3) is 5.00. The average Bonchev–Trinajstić information content (AvgIpc) is 2.26. The van der Waals surface area contributed by atoms with Crippen molar-refractivity contribution < 1.29 is 9.90 Å². The summed E-state index contributed by atoms with van der Waals surface area (Å²) in [4.78, 5) is 10.9. The zero-order chi connectivity index (χ0) is 12.7. The van der Waals surface area contributed by atoms with Crippen LogP contribution in [0.4, 0.5) is 0 Å². The van der Waals surface area contributed by atoms with Gasteiger partial charge in [0.15, 0.2) is 0 Å². The van der Waals surface area contributed by atoms with Gasteiger partial charge in [-0.25, -0.2) is 0 Å². The maximum absolute atomic E-state index is 10.9. The summed E-state index contributed by atoms with van der Waals surface area (Å²) in [6.45, 7) is 2.09. The third-order valence-electron chi connectivity index (χ3n) is 2.93. The summed E-state index contributed by atoms with van der Waals surface area (Å²) in [5.41, 5.74) is 6.72. The first-order valence-electron chi connectivity index (χ1n) is 6.10. The lowest BCUT2D eigenvalue weighted by atomic mass is 9.84. The van der Waals surface area contributed by atoms with Crippen LogP contribution in [0.5, 0.6) is 0 Å². The quantitative estimate of drug-likeness (QED) is 0.763. The van der Waals surface area contributed by atoms with Crippen LogP contribution in [0.1, 0.15) is 38.2 Å². The van der Waals surface area contributed by atoms with Gasteiger partial charge in [-0.1, -0.05) is 50.1 Å². The van der Waals surface area contributed by atoms with Gasteiger partial charge in [0.05, 0.1) is 6.42 Å². The molecule has 0 saturated heterocycles. The predicted molar refractivity (Wildman–Crippen MR) is 68.8 cm³/mol. The predicted octanol–water partition coefficient (Wildman–Crippen LogP) is 2.59. The lowest BCUT2D eigenvalue weighted by Crippen LogP contribution is -2.44. The van der Waals surface area contributed by atoms with Crippen LogP contribution in [-0.2, 0) is 11.2 Å². The SMILES string of the molecule is CCCC[C@](N)(CC(=O)O)Cc1ccccc1. The number of rotatable bonds is 7. The van der Waals surface area contributed by atoms with Crippen LogP contribution in [0, 0.1) is 0 Å². The van der Waals surface area contributed by atoms with Crippen LogP contribution in [0.15, 0.2) is 30.3 Å². The highest BCUT2D eigenvalue weighted by Crippen LogP contribution is 2.21. The fraction of sp³-hybridized carbons (Fsp3) is 0.500. The van der Waals surface area contributed by atoms with Gasteiger partial charge in [0.1, 0.15) is 0 Å². The van der Waals surface area contributed by atoms with Gasteiger partial charge in [-0.05, 0) is 18.4 Å². The van der Waals surface area contributed by atoms with E-state index in [2.05, 4.69) is 6.92 Å². The van der Waals surface area contributed by atoms with Crippen molar-refractivity contribution in [3.63, 3.8) is 0 Å². The second-order valence-electron chi connectivity index (χ2n) is 4.70. The lowest BCUT2D eigenvalue weighted by Gasteiger charge is -2.28. The van der Waals surface area contributed by atoms with Crippen molar-refractivity contribution in [2.45, 2.75) is 44.6 Å². The first-order chi connectivity index (χ1) is 8.06. The molecule has 1 aromatic carbocycles. The van der Waals surface area contributed by atoms with E-state index in [0.717, 1.165) is 24.8 Å². The van der Waals surface area contributed by atoms with E-state index in [0.29, 0.717) is 6.42 Å². The molecule has 0 heterocycles. The molecule has 94 valence electrons. The molecule has 17 heavy (non-hydrogen) atoms. The Morgan fingerprint density at radius 3 is 2.53 bits per heavy atom. The number of carboxylic acids is 1. The number of unbranched alkanes of at least 4 members (excludes halogenated alkanes) is 1. The van der Waals surface area contributed by atoms with Gasteiger partial charge in [0.25, 0.3) is 0 Å². The molecule has 0 saturated carbocycles. The fourth-order valence-electron chi connectivity index (χ4n) is 2.07. The number of nitrogens with two attached hydrogens (primary N) is 1. The third-order valence-corrected chi connectivity index (χ3v) is 2.93. The Bertz CT molecular complexity index is 350. The number of aliphatic carboxylic acids is 1. The van der Waals surface area contributed by atoms with Crippen LogP contribution >= 0.6 is 0 Å². The Morgan fingerprint density at radius 1 is 1.35 bits per heavy atom. The summed E-state index contributed by atoms with van der Waals surface area (Å²) in [6, 6.07) is 9.85. The Balaban J connectivity index is 2.72. The number of carbonyl (C=O) groups is 1. The second-order valence-corrected chi connectivity index (χ2v) is 4.70. The molecule has 0 aliphatic heterocycles. The monoisotopic (exact) mass is 235 g/mol. The molecule has 1 atom stereocenters. The Morgan fingerprint density at radius 2 is 2.00 bits per heavy atom. The Kier molecular flexibility index (Phi) is 5.16. The summed E-state index contributed by atoms with van der Waals surface area (Å²) in [6.07, 6.45) is 3.41. The molecule has 0 unspecified atom stereocenters. The molecular weight excluding hydrogens is 214 g/mol. The molecule has 3 nitrogen and oxygen atoms in total. The highest BCUT2D eigenvalue weighted by Gasteiger charge is 2.27. The van der Waals surface area contributed by atoms with Crippen LogP contribution in [0.3, 0.4) is 0 Å². The van der Waals surface area contributed by atoms with Crippen molar-refractivity contribution in [3.05, 3.63) is 35.9 Å². The van der Waals surface area contributed by atoms with E-state index < -0.39 is 11.5 Å². The molecule has 0 aliphatic rings. The molecule has 0 aromatic heterocycles. The molecule has 0 radical (unpaired) electrons. The van der Waals surface area contributed by atoms with Gasteiger partial charge in [-0.2, -0.15) is 0 Å². The van der Waals surface area contributed by atoms with Gasteiger partial charge in [0, 0.05) is 5.54 Å². The highest BCUT2D eigenvalue weighted by molar-refractivity contribution is 5.68. The van der Waals surface area contributed by atoms with E-state index in [4.69, 9.17) is 10.8 Å². The van der Waals surface area contributed by atoms with E-state index >= 15 is 0 Å². The minimum atomic E-state index is -0.820. The first kappa shape index (κ1) is 13.7. The molecule has 0 amide bonds. The zero-order valence-corrected chi connectivity index (χ0v) is 10.4. The smallest absolute Gasteiger partial charge is 0.305 e. The Labute approximate surface area is 103 Å². The molecule has 1 aromatic rings. The molecule has 0 bridgehead atoms. The molecule has 0 spiro atoms. The maximum atomic E-state index is 10.9. The summed E-state index contributed by atoms with van der Waals surface area (Å²) in [5, 5.41) is 8.95. The van der Waals surface area contributed by atoms with Crippen molar-refractivity contribution in [1.29, 1.82) is 0 Å². The van der Waals surface area contributed by atoms with Gasteiger partial charge in [0.2, 0.25) is 0 Å². The van der Waals surface area contributed by atoms with Gasteiger partial charge in [-0.15, -0.1) is 0 Å². The van der Waals surface area contributed by atoms with E-state index in [1.54, 1.807) is 0 Å². The number of carboxylic acid groups (broad SMARTS) is 1. The van der Waals surface area contributed by atoms with E-state index in [1.807, 2.05) is 30.3 Å². The first-order valence-corrected chi connectivity index (χ1v) is 6.10. The van der Waals surface area contributed by atoms with Crippen molar-refractivity contribution in [3.8, 4) is 0 Å². The molecule has 3 heteroatoms. The molecule has 1 rings (SSSR count). The van der Waals surface area contributed by atoms with Crippen molar-refractivity contribution >= 4 is 5.97 Å². The molecular formula is C14H21NO2. The minimum absolute atomic E-state index is 0.0297. The van der Waals surface area contributed by atoms with E-state index in [9.17, 15) is 4.79 Å². The van der Waals surface area contributed by atoms with Crippen molar-refractivity contribution in [2.75, 3.05) is 0 Å². The van der Waals surface area contributed by atoms with Crippen molar-refractivity contribution in [1.82, 2.24) is 0 Å². The highest BCUT2D eigenvalue weighted by atomic mass is 16.4. The molecule has 0 fully saturated rings. The second kappa shape index (κ2) is 6.40. The average molecular weight is 235 g/mol. The van der Waals surface area contributed by atoms with Crippen LogP contribution < -0.4 is 5.73 Å². The normalized spacial score (nSPS) is 14.2. The fourth-order valence-corrected chi connectivity index (χ4v) is 2.07. The minimum Gasteiger partial charge on any atom is -0.481 e. The zero-order valence-electron chi connectivity index (χ0n) is 10.4. The molecule has 0 aliphatic carbocycles. The topological polar surface area (TPSA) is 63.3 Å². The number of hydrogen-bond donors (Lipinski definition) is 2. The van der Waals surface area contributed by atoms with Gasteiger partial charge >= 0.3 is 5.97 Å². The van der Waals surface area contributed by atoms with E-state index in [1.165, 1.54) is 0 Å². The lowest BCUT2D eigenvalue weighted by molar-refractivity contribution is -0.138. The Hall–Kier alpha value is -1.35. The largest absolute Gasteiger partial charge is 0.481 e. The summed E-state index contributed by atoms with van der Waals surface area (Å²) < 4.78 is 0. The maximum Gasteiger partial charge on any atom is 0.305 e. The summed E-state index contributed by atoms with van der Waals surface area (Å²) >= 11 is 0. The number of benzene rings is 1. The van der Waals surface area contributed by atoms with Crippen LogP contribution in [0.25, 0.3) is 0 Å². The van der Waals surface area contributed by atoms with Gasteiger partial charge in [-0.3, -0.25) is 4.79 Å². The van der Waals surface area contributed by atoms with Crippen LogP contribution in [0.2, 0.25) is 0 Å². The van der Waals surface area contributed by atoms with Crippen LogP contribution in [-0.4, -0.2) is 16.6 Å². The summed E-state index contributed by atoms with van der Waals surface area (Å²) in [5.74, 6) is -0.820. The van der Waals surface area contributed by atoms with E-state index in [-0.39, 0.29) is 6.42 Å². The standard InChI is InChI=1S/C14H21NO2/c1-2-3-9-14(15,11-13(16)17)10-12-7-5-4-6-8-12/h4-8H,2-3,9-11,15H2,1H3,(H,16,17)/t14-/m1/s1. The summed E-state index contributed by atoms with van der Waals surface area (Å²) in [7, 11) is 0. The van der Waals surface area contributed by atoms with Gasteiger partial charge < -0.3 is 10.8 Å².